The number of hydrogen-bond acceptors (Lipinski definition) is 4. The maximum Gasteiger partial charge on any atom is 0.363 e. The number of hydrogen-bond donors (Lipinski definition) is 0. The lowest BCUT2D eigenvalue weighted by molar-refractivity contribution is -0.129. The Morgan fingerprint density at radius 1 is 0.933 bits per heavy atom. The highest BCUT2D eigenvalue weighted by Gasteiger charge is 2.24. The summed E-state index contributed by atoms with van der Waals surface area (Å²) in [4.78, 5) is 16.5. The molecule has 150 valence electrons. The molecule has 0 saturated heterocycles. The first kappa shape index (κ1) is 20.5. The number of rotatable bonds is 5. The van der Waals surface area contributed by atoms with Crippen molar-refractivity contribution < 1.29 is 14.3 Å². The highest BCUT2D eigenvalue weighted by Crippen LogP contribution is 2.26. The van der Waals surface area contributed by atoms with E-state index in [2.05, 4.69) is 4.99 Å². The van der Waals surface area contributed by atoms with Crippen LogP contribution < -0.4 is 4.74 Å². The lowest BCUT2D eigenvalue weighted by Gasteiger charge is -2.07. The molecule has 1 aliphatic rings. The second kappa shape index (κ2) is 8.92. The average molecular weight is 459 g/mol. The van der Waals surface area contributed by atoms with Crippen LogP contribution in [0.4, 0.5) is 0 Å². The van der Waals surface area contributed by atoms with Crippen molar-refractivity contribution in [2.45, 2.75) is 6.61 Å². The van der Waals surface area contributed by atoms with Crippen LogP contribution in [0, 0.1) is 0 Å². The van der Waals surface area contributed by atoms with Crippen molar-refractivity contribution in [1.82, 2.24) is 0 Å². The average Bonchev–Trinajstić information content (AvgIpc) is 3.10. The van der Waals surface area contributed by atoms with Crippen molar-refractivity contribution in [3.8, 4) is 5.75 Å². The SMILES string of the molecule is O=C1OC(c2ccc(Cl)c(Cl)c2)=N/C1=C\c1cccc(OCc2ccc(Cl)cc2)c1. The summed E-state index contributed by atoms with van der Waals surface area (Å²) in [5.74, 6) is 0.308. The first-order chi connectivity index (χ1) is 14.5. The number of nitrogens with zero attached hydrogens (tertiary/aromatic N) is 1. The van der Waals surface area contributed by atoms with Crippen LogP contribution in [-0.2, 0) is 16.1 Å². The molecule has 0 unspecified atom stereocenters. The Bertz CT molecular complexity index is 1170. The molecule has 4 nitrogen and oxygen atoms in total. The summed E-state index contributed by atoms with van der Waals surface area (Å²) in [6.45, 7) is 0.402. The largest absolute Gasteiger partial charge is 0.489 e. The van der Waals surface area contributed by atoms with Crippen molar-refractivity contribution >= 4 is 52.7 Å². The number of benzene rings is 3. The van der Waals surface area contributed by atoms with E-state index >= 15 is 0 Å². The number of esters is 1. The monoisotopic (exact) mass is 457 g/mol. The third kappa shape index (κ3) is 4.85. The topological polar surface area (TPSA) is 47.9 Å². The lowest BCUT2D eigenvalue weighted by Crippen LogP contribution is -2.05. The van der Waals surface area contributed by atoms with Crippen molar-refractivity contribution in [3.63, 3.8) is 0 Å². The van der Waals surface area contributed by atoms with E-state index in [1.807, 2.05) is 48.5 Å². The van der Waals surface area contributed by atoms with Crippen LogP contribution in [0.5, 0.6) is 5.75 Å². The van der Waals surface area contributed by atoms with Crippen LogP contribution in [0.2, 0.25) is 15.1 Å². The van der Waals surface area contributed by atoms with Gasteiger partial charge in [-0.05, 0) is 59.7 Å². The summed E-state index contributed by atoms with van der Waals surface area (Å²) < 4.78 is 11.1. The van der Waals surface area contributed by atoms with Gasteiger partial charge in [0.15, 0.2) is 5.70 Å². The molecule has 0 fully saturated rings. The lowest BCUT2D eigenvalue weighted by atomic mass is 10.2. The predicted molar refractivity (Wildman–Crippen MR) is 119 cm³/mol. The van der Waals surface area contributed by atoms with Gasteiger partial charge >= 0.3 is 5.97 Å². The molecule has 7 heteroatoms. The quantitative estimate of drug-likeness (QED) is 0.321. The molecule has 0 N–H and O–H groups in total. The second-order valence-electron chi connectivity index (χ2n) is 6.45. The summed E-state index contributed by atoms with van der Waals surface area (Å²) in [7, 11) is 0. The molecule has 30 heavy (non-hydrogen) atoms. The molecule has 4 rings (SSSR count). The molecule has 0 spiro atoms. The van der Waals surface area contributed by atoms with E-state index in [4.69, 9.17) is 44.3 Å². The molecular formula is C23H14Cl3NO3. The number of ether oxygens (including phenoxy) is 2. The van der Waals surface area contributed by atoms with Gasteiger partial charge in [0.1, 0.15) is 12.4 Å². The standard InChI is InChI=1S/C23H14Cl3NO3/c24-17-7-4-14(5-8-17)13-29-18-3-1-2-15(10-18)11-21-23(28)30-22(27-21)16-6-9-19(25)20(26)12-16/h1-12H,13H2/b21-11-. The Morgan fingerprint density at radius 3 is 2.50 bits per heavy atom. The molecule has 1 aliphatic heterocycles. The van der Waals surface area contributed by atoms with Gasteiger partial charge in [-0.15, -0.1) is 0 Å². The predicted octanol–water partition coefficient (Wildman–Crippen LogP) is 6.57. The summed E-state index contributed by atoms with van der Waals surface area (Å²) in [5, 5.41) is 1.45. The number of cyclic esters (lactones) is 1. The van der Waals surface area contributed by atoms with Gasteiger partial charge in [0, 0.05) is 10.6 Å². The Hall–Kier alpha value is -2.79. The summed E-state index contributed by atoms with van der Waals surface area (Å²) in [5.41, 5.74) is 2.51. The smallest absolute Gasteiger partial charge is 0.363 e. The van der Waals surface area contributed by atoms with Gasteiger partial charge in [-0.2, -0.15) is 0 Å². The molecular weight excluding hydrogens is 445 g/mol. The minimum atomic E-state index is -0.538. The zero-order valence-electron chi connectivity index (χ0n) is 15.4. The molecule has 0 amide bonds. The first-order valence-electron chi connectivity index (χ1n) is 8.93. The molecule has 3 aromatic carbocycles. The third-order valence-corrected chi connectivity index (χ3v) is 5.26. The molecule has 1 heterocycles. The normalized spacial score (nSPS) is 14.6. The van der Waals surface area contributed by atoms with Crippen LogP contribution in [0.25, 0.3) is 6.08 Å². The molecule has 0 atom stereocenters. The Labute approximate surface area is 188 Å². The van der Waals surface area contributed by atoms with E-state index in [1.54, 1.807) is 24.3 Å². The molecule has 0 aromatic heterocycles. The van der Waals surface area contributed by atoms with E-state index < -0.39 is 5.97 Å². The van der Waals surface area contributed by atoms with E-state index in [9.17, 15) is 4.79 Å². The third-order valence-electron chi connectivity index (χ3n) is 4.27. The van der Waals surface area contributed by atoms with Gasteiger partial charge in [-0.1, -0.05) is 59.1 Å². The summed E-state index contributed by atoms with van der Waals surface area (Å²) >= 11 is 17.9. The van der Waals surface area contributed by atoms with Crippen LogP contribution in [0.3, 0.4) is 0 Å². The first-order valence-corrected chi connectivity index (χ1v) is 10.1. The molecule has 0 bridgehead atoms. The van der Waals surface area contributed by atoms with Crippen molar-refractivity contribution in [3.05, 3.63) is 104 Å². The van der Waals surface area contributed by atoms with Crippen LogP contribution >= 0.6 is 34.8 Å². The van der Waals surface area contributed by atoms with E-state index in [1.165, 1.54) is 0 Å². The van der Waals surface area contributed by atoms with Crippen LogP contribution in [-0.4, -0.2) is 11.9 Å². The van der Waals surface area contributed by atoms with E-state index in [-0.39, 0.29) is 11.6 Å². The number of carbonyl (C=O) groups excluding carboxylic acids is 1. The van der Waals surface area contributed by atoms with Crippen LogP contribution in [0.15, 0.2) is 77.4 Å². The molecule has 3 aromatic rings. The highest BCUT2D eigenvalue weighted by molar-refractivity contribution is 6.42. The second-order valence-corrected chi connectivity index (χ2v) is 7.70. The van der Waals surface area contributed by atoms with E-state index in [0.717, 1.165) is 11.1 Å². The molecule has 0 saturated carbocycles. The van der Waals surface area contributed by atoms with Gasteiger partial charge in [0.2, 0.25) is 5.90 Å². The van der Waals surface area contributed by atoms with Gasteiger partial charge < -0.3 is 9.47 Å². The Kier molecular flexibility index (Phi) is 6.09. The van der Waals surface area contributed by atoms with Crippen LogP contribution in [0.1, 0.15) is 16.7 Å². The number of carbonyl (C=O) groups is 1. The minimum Gasteiger partial charge on any atom is -0.489 e. The molecule has 0 aliphatic carbocycles. The van der Waals surface area contributed by atoms with Gasteiger partial charge in [-0.25, -0.2) is 9.79 Å². The summed E-state index contributed by atoms with van der Waals surface area (Å²) in [6, 6.07) is 19.7. The fourth-order valence-corrected chi connectivity index (χ4v) is 3.19. The van der Waals surface area contributed by atoms with E-state index in [0.29, 0.717) is 33.0 Å². The van der Waals surface area contributed by atoms with Crippen molar-refractivity contribution in [1.29, 1.82) is 0 Å². The highest BCUT2D eigenvalue weighted by atomic mass is 35.5. The number of aliphatic imine (C=N–C) groups is 1. The van der Waals surface area contributed by atoms with Gasteiger partial charge in [-0.3, -0.25) is 0 Å². The van der Waals surface area contributed by atoms with Crippen molar-refractivity contribution in [2.75, 3.05) is 0 Å². The Morgan fingerprint density at radius 2 is 1.73 bits per heavy atom. The Balaban J connectivity index is 1.51. The minimum absolute atomic E-state index is 0.181. The maximum atomic E-state index is 12.2. The fourth-order valence-electron chi connectivity index (χ4n) is 2.76. The maximum absolute atomic E-state index is 12.2. The molecule has 0 radical (unpaired) electrons. The zero-order chi connectivity index (χ0) is 21.1. The summed E-state index contributed by atoms with van der Waals surface area (Å²) in [6.07, 6.45) is 1.64. The zero-order valence-corrected chi connectivity index (χ0v) is 17.7. The fraction of sp³-hybridized carbons (Fsp3) is 0.0435. The number of halogens is 3. The van der Waals surface area contributed by atoms with Gasteiger partial charge in [0.05, 0.1) is 10.0 Å². The van der Waals surface area contributed by atoms with Gasteiger partial charge in [0.25, 0.3) is 0 Å². The van der Waals surface area contributed by atoms with Crippen molar-refractivity contribution in [2.24, 2.45) is 4.99 Å².